The van der Waals surface area contributed by atoms with Crippen LogP contribution in [0.5, 0.6) is 0 Å². The van der Waals surface area contributed by atoms with E-state index in [9.17, 15) is 0 Å². The summed E-state index contributed by atoms with van der Waals surface area (Å²) in [5.41, 5.74) is 4.10. The van der Waals surface area contributed by atoms with Crippen molar-refractivity contribution in [1.29, 1.82) is 0 Å². The molecule has 0 atom stereocenters. The minimum Gasteiger partial charge on any atom is -0.420 e. The Bertz CT molecular complexity index is 1050. The third-order valence-electron chi connectivity index (χ3n) is 4.09. The summed E-state index contributed by atoms with van der Waals surface area (Å²) in [4.78, 5) is 4.36. The van der Waals surface area contributed by atoms with Crippen molar-refractivity contribution in [3.63, 3.8) is 0 Å². The van der Waals surface area contributed by atoms with Crippen molar-refractivity contribution in [3.05, 3.63) is 70.4 Å². The molecule has 0 bridgehead atoms. The van der Waals surface area contributed by atoms with Gasteiger partial charge in [-0.3, -0.25) is 0 Å². The number of halogens is 1. The van der Waals surface area contributed by atoms with E-state index < -0.39 is 0 Å². The summed E-state index contributed by atoms with van der Waals surface area (Å²) in [6, 6.07) is 13.2. The van der Waals surface area contributed by atoms with Crippen LogP contribution in [0.15, 0.2) is 51.4 Å². The van der Waals surface area contributed by atoms with Crippen LogP contribution in [0.4, 0.5) is 0 Å². The maximum absolute atomic E-state index is 5.89. The molecule has 6 nitrogen and oxygen atoms in total. The van der Waals surface area contributed by atoms with Crippen molar-refractivity contribution in [2.75, 3.05) is 0 Å². The third-order valence-corrected chi connectivity index (χ3v) is 4.35. The monoisotopic (exact) mass is 366 g/mol. The van der Waals surface area contributed by atoms with Crippen LogP contribution in [-0.4, -0.2) is 20.3 Å². The fourth-order valence-corrected chi connectivity index (χ4v) is 2.61. The summed E-state index contributed by atoms with van der Waals surface area (Å²) in [6.45, 7) is 4.11. The van der Waals surface area contributed by atoms with Crippen molar-refractivity contribution in [2.45, 2.75) is 20.3 Å². The Kier molecular flexibility index (Phi) is 4.26. The molecular formula is C19H15ClN4O2. The largest absolute Gasteiger partial charge is 0.420 e. The van der Waals surface area contributed by atoms with Gasteiger partial charge >= 0.3 is 0 Å². The maximum Gasteiger partial charge on any atom is 0.247 e. The van der Waals surface area contributed by atoms with Gasteiger partial charge in [0.05, 0.1) is 0 Å². The molecule has 0 aliphatic rings. The van der Waals surface area contributed by atoms with E-state index in [1.165, 1.54) is 11.1 Å². The number of hydrogen-bond acceptors (Lipinski definition) is 6. The molecule has 2 heterocycles. The van der Waals surface area contributed by atoms with Crippen LogP contribution in [0, 0.1) is 13.8 Å². The minimum atomic E-state index is 0.276. The van der Waals surface area contributed by atoms with E-state index in [0.717, 1.165) is 11.1 Å². The number of hydrogen-bond donors (Lipinski definition) is 0. The number of benzene rings is 2. The molecule has 0 saturated heterocycles. The molecule has 0 amide bonds. The van der Waals surface area contributed by atoms with Crippen LogP contribution in [0.1, 0.15) is 22.9 Å². The lowest BCUT2D eigenvalue weighted by atomic mass is 10.1. The van der Waals surface area contributed by atoms with Crippen LogP contribution in [0.2, 0.25) is 5.02 Å². The summed E-state index contributed by atoms with van der Waals surface area (Å²) >= 11 is 5.89. The van der Waals surface area contributed by atoms with Crippen LogP contribution >= 0.6 is 11.6 Å². The van der Waals surface area contributed by atoms with Gasteiger partial charge in [0.25, 0.3) is 0 Å². The predicted octanol–water partition coefficient (Wildman–Crippen LogP) is 4.65. The molecule has 26 heavy (non-hydrogen) atoms. The van der Waals surface area contributed by atoms with E-state index >= 15 is 0 Å². The third kappa shape index (κ3) is 3.36. The van der Waals surface area contributed by atoms with E-state index in [1.807, 2.05) is 37.3 Å². The molecule has 0 N–H and O–H groups in total. The topological polar surface area (TPSA) is 77.8 Å². The Morgan fingerprint density at radius 3 is 2.42 bits per heavy atom. The van der Waals surface area contributed by atoms with E-state index in [2.05, 4.69) is 27.3 Å². The Balaban J connectivity index is 1.52. The normalized spacial score (nSPS) is 11.0. The highest BCUT2D eigenvalue weighted by Gasteiger charge is 2.14. The molecule has 0 aliphatic carbocycles. The molecule has 4 aromatic rings. The van der Waals surface area contributed by atoms with E-state index in [-0.39, 0.29) is 6.42 Å². The van der Waals surface area contributed by atoms with Crippen LogP contribution in [0.25, 0.3) is 22.8 Å². The lowest BCUT2D eigenvalue weighted by Gasteiger charge is -2.00. The van der Waals surface area contributed by atoms with Crippen molar-refractivity contribution < 1.29 is 8.94 Å². The molecule has 0 spiro atoms. The highest BCUT2D eigenvalue weighted by molar-refractivity contribution is 6.30. The number of aryl methyl sites for hydroxylation is 2. The molecule has 7 heteroatoms. The van der Waals surface area contributed by atoms with Gasteiger partial charge in [0, 0.05) is 16.1 Å². The summed E-state index contributed by atoms with van der Waals surface area (Å²) in [6.07, 6.45) is 0.276. The summed E-state index contributed by atoms with van der Waals surface area (Å²) in [7, 11) is 0. The van der Waals surface area contributed by atoms with Crippen molar-refractivity contribution in [1.82, 2.24) is 20.3 Å². The highest BCUT2D eigenvalue weighted by atomic mass is 35.5. The molecule has 4 rings (SSSR count). The molecule has 2 aromatic heterocycles. The zero-order valence-electron chi connectivity index (χ0n) is 14.2. The number of aromatic nitrogens is 4. The Labute approximate surface area is 154 Å². The van der Waals surface area contributed by atoms with Crippen LogP contribution in [-0.2, 0) is 6.42 Å². The fraction of sp³-hybridized carbons (Fsp3) is 0.158. The number of nitrogens with zero attached hydrogens (tertiary/aromatic N) is 4. The summed E-state index contributed by atoms with van der Waals surface area (Å²) in [5.74, 6) is 1.79. The molecule has 2 aromatic carbocycles. The summed E-state index contributed by atoms with van der Waals surface area (Å²) in [5, 5.41) is 12.8. The molecular weight excluding hydrogens is 352 g/mol. The Morgan fingerprint density at radius 1 is 0.885 bits per heavy atom. The molecule has 0 aliphatic heterocycles. The van der Waals surface area contributed by atoms with Gasteiger partial charge < -0.3 is 8.94 Å². The van der Waals surface area contributed by atoms with Crippen molar-refractivity contribution in [3.8, 4) is 22.8 Å². The second kappa shape index (κ2) is 6.72. The van der Waals surface area contributed by atoms with Gasteiger partial charge in [0.1, 0.15) is 6.42 Å². The Morgan fingerprint density at radius 2 is 1.65 bits per heavy atom. The first-order chi connectivity index (χ1) is 12.6. The van der Waals surface area contributed by atoms with Crippen LogP contribution < -0.4 is 0 Å². The minimum absolute atomic E-state index is 0.276. The SMILES string of the molecule is Cc1ccc(-c2nnc(Cc3nc(-c4ccc(Cl)cc4)no3)o2)cc1C. The lowest BCUT2D eigenvalue weighted by Crippen LogP contribution is -1.88. The molecule has 0 fully saturated rings. The van der Waals surface area contributed by atoms with Crippen molar-refractivity contribution in [2.24, 2.45) is 0 Å². The Hall–Kier alpha value is -2.99. The van der Waals surface area contributed by atoms with Gasteiger partial charge in [-0.1, -0.05) is 22.8 Å². The molecule has 130 valence electrons. The maximum atomic E-state index is 5.89. The van der Waals surface area contributed by atoms with Gasteiger partial charge in [-0.2, -0.15) is 4.98 Å². The second-order valence-electron chi connectivity index (χ2n) is 6.00. The standard InChI is InChI=1S/C19H15ClN4O2/c1-11-3-4-14(9-12(11)2)19-23-22-17(25-19)10-16-21-18(24-26-16)13-5-7-15(20)8-6-13/h3-9H,10H2,1-2H3. The second-order valence-corrected chi connectivity index (χ2v) is 6.43. The van der Waals surface area contributed by atoms with Gasteiger partial charge in [0.2, 0.25) is 23.5 Å². The lowest BCUT2D eigenvalue weighted by molar-refractivity contribution is 0.374. The van der Waals surface area contributed by atoms with Crippen molar-refractivity contribution >= 4 is 11.6 Å². The quantitative estimate of drug-likeness (QED) is 0.523. The molecule has 0 radical (unpaired) electrons. The smallest absolute Gasteiger partial charge is 0.247 e. The number of rotatable bonds is 4. The molecule has 0 saturated carbocycles. The first kappa shape index (κ1) is 16.5. The van der Waals surface area contributed by atoms with Gasteiger partial charge in [-0.25, -0.2) is 0 Å². The van der Waals surface area contributed by atoms with E-state index in [0.29, 0.717) is 28.5 Å². The summed E-state index contributed by atoms with van der Waals surface area (Å²) < 4.78 is 11.0. The average molecular weight is 367 g/mol. The first-order valence-electron chi connectivity index (χ1n) is 8.07. The molecule has 0 unspecified atom stereocenters. The average Bonchev–Trinajstić information content (AvgIpc) is 3.28. The van der Waals surface area contributed by atoms with E-state index in [4.69, 9.17) is 20.5 Å². The zero-order valence-corrected chi connectivity index (χ0v) is 15.0. The van der Waals surface area contributed by atoms with Crippen LogP contribution in [0.3, 0.4) is 0 Å². The van der Waals surface area contributed by atoms with E-state index in [1.54, 1.807) is 12.1 Å². The highest BCUT2D eigenvalue weighted by Crippen LogP contribution is 2.23. The predicted molar refractivity (Wildman–Crippen MR) is 96.8 cm³/mol. The van der Waals surface area contributed by atoms with Gasteiger partial charge in [-0.15, -0.1) is 10.2 Å². The first-order valence-corrected chi connectivity index (χ1v) is 8.45. The zero-order chi connectivity index (χ0) is 18.1. The van der Waals surface area contributed by atoms with Gasteiger partial charge in [0.15, 0.2) is 0 Å². The van der Waals surface area contributed by atoms with Gasteiger partial charge in [-0.05, 0) is 61.4 Å². The fourth-order valence-electron chi connectivity index (χ4n) is 2.49.